The summed E-state index contributed by atoms with van der Waals surface area (Å²) in [6.07, 6.45) is 5.43. The second-order valence-electron chi connectivity index (χ2n) is 10.1. The number of aromatic amines is 2. The molecule has 47 heavy (non-hydrogen) atoms. The summed E-state index contributed by atoms with van der Waals surface area (Å²) in [5, 5.41) is 23.7. The number of nitro groups is 2. The van der Waals surface area contributed by atoms with Crippen LogP contribution in [0.25, 0.3) is 33.4 Å². The summed E-state index contributed by atoms with van der Waals surface area (Å²) >= 11 is 0. The molecule has 240 valence electrons. The molecule has 0 aliphatic carbocycles. The van der Waals surface area contributed by atoms with Crippen molar-refractivity contribution in [1.29, 1.82) is 0 Å². The highest BCUT2D eigenvalue weighted by Gasteiger charge is 2.29. The molecule has 0 radical (unpaired) electrons. The Morgan fingerprint density at radius 1 is 0.723 bits per heavy atom. The molecular weight excluding hydrogens is 647 g/mol. The van der Waals surface area contributed by atoms with Gasteiger partial charge in [-0.1, -0.05) is 0 Å². The number of benzene rings is 2. The summed E-state index contributed by atoms with van der Waals surface area (Å²) in [6, 6.07) is 4.09. The van der Waals surface area contributed by atoms with E-state index in [4.69, 9.17) is 9.25 Å². The number of hydrogen-bond donors (Lipinski definition) is 2. The minimum Gasteiger partial charge on any atom is -0.319 e. The fourth-order valence-electron chi connectivity index (χ4n) is 4.71. The molecule has 0 aliphatic heterocycles. The van der Waals surface area contributed by atoms with Gasteiger partial charge in [0, 0.05) is 24.5 Å². The van der Waals surface area contributed by atoms with E-state index in [2.05, 4.69) is 19.9 Å². The summed E-state index contributed by atoms with van der Waals surface area (Å²) < 4.78 is 27.7. The summed E-state index contributed by atoms with van der Waals surface area (Å²) in [4.78, 5) is 85.8. The molecule has 0 saturated heterocycles. The number of nitrogens with zero attached hydrogens (tertiary/aromatic N) is 8. The minimum atomic E-state index is -4.75. The number of rotatable bonds is 8. The number of nitro benzene ring substituents is 2. The number of imidazole rings is 2. The fraction of sp³-hybridized carbons (Fsp3) is 0.120. The third-order valence-corrected chi connectivity index (χ3v) is 7.63. The van der Waals surface area contributed by atoms with Crippen LogP contribution in [0.4, 0.5) is 11.4 Å². The lowest BCUT2D eigenvalue weighted by Gasteiger charge is -2.19. The van der Waals surface area contributed by atoms with E-state index in [1.54, 1.807) is 13.8 Å². The van der Waals surface area contributed by atoms with Gasteiger partial charge in [0.1, 0.15) is 22.4 Å². The molecule has 2 N–H and O–H groups in total. The lowest BCUT2D eigenvalue weighted by atomic mass is 10.2. The Labute approximate surface area is 257 Å². The number of fused-ring (bicyclic) bond motifs is 2. The molecule has 21 nitrogen and oxygen atoms in total. The van der Waals surface area contributed by atoms with Gasteiger partial charge in [-0.15, -0.1) is 9.46 Å². The molecule has 22 heteroatoms. The first-order chi connectivity index (χ1) is 22.1. The topological polar surface area (TPSA) is 267 Å². The van der Waals surface area contributed by atoms with E-state index in [-0.39, 0.29) is 42.9 Å². The van der Waals surface area contributed by atoms with Crippen molar-refractivity contribution >= 4 is 41.0 Å². The second kappa shape index (κ2) is 10.8. The summed E-state index contributed by atoms with van der Waals surface area (Å²) in [6.45, 7) is 4.06. The zero-order valence-corrected chi connectivity index (χ0v) is 25.0. The van der Waals surface area contributed by atoms with E-state index in [0.29, 0.717) is 11.4 Å². The van der Waals surface area contributed by atoms with Crippen molar-refractivity contribution in [3.8, 4) is 11.4 Å². The van der Waals surface area contributed by atoms with E-state index in [1.807, 2.05) is 0 Å². The molecule has 0 spiro atoms. The molecule has 0 atom stereocenters. The average Bonchev–Trinajstić information content (AvgIpc) is 3.64. The Bertz CT molecular complexity index is 2430. The van der Waals surface area contributed by atoms with Crippen LogP contribution in [0.5, 0.6) is 0 Å². The molecule has 6 rings (SSSR count). The zero-order valence-electron chi connectivity index (χ0n) is 24.1. The molecular formula is C25H19N10O11P. The third kappa shape index (κ3) is 5.35. The van der Waals surface area contributed by atoms with Gasteiger partial charge >= 0.3 is 29.8 Å². The smallest absolute Gasteiger partial charge is 0.319 e. The summed E-state index contributed by atoms with van der Waals surface area (Å²) in [5.41, 5.74) is -6.83. The van der Waals surface area contributed by atoms with Crippen molar-refractivity contribution in [2.45, 2.75) is 13.8 Å². The van der Waals surface area contributed by atoms with Crippen LogP contribution in [0.3, 0.4) is 0 Å². The van der Waals surface area contributed by atoms with Crippen molar-refractivity contribution in [1.82, 2.24) is 38.5 Å². The molecule has 0 aliphatic rings. The third-order valence-electron chi connectivity index (χ3n) is 6.71. The van der Waals surface area contributed by atoms with Gasteiger partial charge in [0.15, 0.2) is 0 Å². The van der Waals surface area contributed by atoms with Crippen molar-refractivity contribution in [3.05, 3.63) is 122 Å². The van der Waals surface area contributed by atoms with Gasteiger partial charge in [0.05, 0.1) is 51.6 Å². The number of hydrogen-bond acceptors (Lipinski definition) is 13. The minimum absolute atomic E-state index is 0.112. The van der Waals surface area contributed by atoms with E-state index in [1.165, 1.54) is 34.2 Å². The molecule has 2 aromatic carbocycles. The predicted molar refractivity (Wildman–Crippen MR) is 161 cm³/mol. The number of nitrogens with one attached hydrogen (secondary N) is 2. The first-order valence-electron chi connectivity index (χ1n) is 13.1. The number of aromatic nitrogens is 8. The van der Waals surface area contributed by atoms with E-state index < -0.39 is 51.1 Å². The van der Waals surface area contributed by atoms with Crippen LogP contribution in [0.15, 0.2) is 68.5 Å². The maximum Gasteiger partial charge on any atom is 0.464 e. The van der Waals surface area contributed by atoms with Gasteiger partial charge in [-0.3, -0.25) is 48.5 Å². The van der Waals surface area contributed by atoms with E-state index in [0.717, 1.165) is 30.9 Å². The molecule has 6 aromatic rings. The Kier molecular flexibility index (Phi) is 6.96. The first kappa shape index (κ1) is 30.4. The lowest BCUT2D eigenvalue weighted by molar-refractivity contribution is -0.384. The maximum absolute atomic E-state index is 13.8. The first-order valence-corrected chi connectivity index (χ1v) is 15.1. The molecule has 0 bridgehead atoms. The van der Waals surface area contributed by atoms with Crippen LogP contribution >= 0.6 is 7.60 Å². The van der Waals surface area contributed by atoms with Gasteiger partial charge in [0.2, 0.25) is 0 Å². The summed E-state index contributed by atoms with van der Waals surface area (Å²) in [5.74, 6) is 0. The molecule has 0 unspecified atom stereocenters. The highest BCUT2D eigenvalue weighted by Crippen LogP contribution is 2.38. The van der Waals surface area contributed by atoms with Crippen molar-refractivity contribution < 1.29 is 23.7 Å². The lowest BCUT2D eigenvalue weighted by Crippen LogP contribution is -2.42. The normalized spacial score (nSPS) is 11.6. The largest absolute Gasteiger partial charge is 0.464 e. The molecule has 0 saturated carbocycles. The number of aryl methyl sites for hydroxylation is 2. The molecule has 4 aromatic heterocycles. The van der Waals surface area contributed by atoms with Gasteiger partial charge in [-0.05, 0) is 26.0 Å². The van der Waals surface area contributed by atoms with Crippen LogP contribution in [-0.2, 0) is 4.57 Å². The van der Waals surface area contributed by atoms with Crippen molar-refractivity contribution in [2.75, 3.05) is 6.66 Å². The van der Waals surface area contributed by atoms with Gasteiger partial charge in [-0.2, -0.15) is 0 Å². The monoisotopic (exact) mass is 666 g/mol. The van der Waals surface area contributed by atoms with Crippen molar-refractivity contribution in [2.24, 2.45) is 0 Å². The van der Waals surface area contributed by atoms with E-state index in [9.17, 15) is 44.0 Å². The summed E-state index contributed by atoms with van der Waals surface area (Å²) in [7, 11) is -4.75. The average molecular weight is 666 g/mol. The quantitative estimate of drug-likeness (QED) is 0.0989. The van der Waals surface area contributed by atoms with Gasteiger partial charge in [0.25, 0.3) is 11.4 Å². The number of H-pyrrole nitrogens is 2. The van der Waals surface area contributed by atoms with Gasteiger partial charge in [-0.25, -0.2) is 14.5 Å². The van der Waals surface area contributed by atoms with Gasteiger partial charge < -0.3 is 19.2 Å². The Balaban J connectivity index is 1.52. The standard InChI is InChI=1S/C25H19N10O11P/c1-12-8-30(10-26-12)18-6-16-14(4-20(18)34(40)41)28-22(36)24(38)32(16)45-47(3,44)46-33-17-7-19(31-9-13(2)27-11-31)21(35(42)43)5-15(17)29-23(37)25(33)39/h4-11H,1-3H3,(H,28,36)(H,29,37). The fourth-order valence-corrected chi connectivity index (χ4v) is 5.66. The van der Waals surface area contributed by atoms with E-state index >= 15 is 0 Å². The Morgan fingerprint density at radius 3 is 1.43 bits per heavy atom. The molecule has 0 fully saturated rings. The van der Waals surface area contributed by atoms with Crippen LogP contribution in [0.2, 0.25) is 0 Å². The van der Waals surface area contributed by atoms with Crippen LogP contribution in [0.1, 0.15) is 11.4 Å². The predicted octanol–water partition coefficient (Wildman–Crippen LogP) is 0.878. The zero-order chi connectivity index (χ0) is 33.9. The molecule has 4 heterocycles. The molecule has 0 amide bonds. The second-order valence-corrected chi connectivity index (χ2v) is 12.0. The Hall–Kier alpha value is -6.63. The van der Waals surface area contributed by atoms with Crippen molar-refractivity contribution in [3.63, 3.8) is 0 Å². The van der Waals surface area contributed by atoms with Crippen LogP contribution in [-0.4, -0.2) is 55.0 Å². The van der Waals surface area contributed by atoms with Crippen LogP contribution < -0.4 is 31.5 Å². The highest BCUT2D eigenvalue weighted by atomic mass is 31.2. The van der Waals surface area contributed by atoms with Crippen LogP contribution in [0, 0.1) is 34.1 Å². The SMILES string of the molecule is Cc1cn(-c2cc3c(cc2[N+](=O)[O-])[nH]c(=O)c(=O)n3OP(C)(=O)On2c(=O)c(=O)[nH]c3cc([N+](=O)[O-])c(-n4cnc(C)c4)cc32)cn1. The Morgan fingerprint density at radius 2 is 1.11 bits per heavy atom. The highest BCUT2D eigenvalue weighted by molar-refractivity contribution is 7.53. The maximum atomic E-state index is 13.8.